The molecule has 1 aromatic carbocycles. The lowest BCUT2D eigenvalue weighted by Crippen LogP contribution is -2.37. The molecule has 1 heterocycles. The lowest BCUT2D eigenvalue weighted by Gasteiger charge is -2.12. The lowest BCUT2D eigenvalue weighted by atomic mass is 10.1. The number of methoxy groups -OCH3 is 1. The van der Waals surface area contributed by atoms with Gasteiger partial charge in [0.05, 0.1) is 17.6 Å². The van der Waals surface area contributed by atoms with Crippen LogP contribution in [0.15, 0.2) is 36.5 Å². The second-order valence-electron chi connectivity index (χ2n) is 4.15. The summed E-state index contributed by atoms with van der Waals surface area (Å²) in [5.74, 6) is -1.47. The smallest absolute Gasteiger partial charge is 0.334 e. The van der Waals surface area contributed by atoms with Crippen molar-refractivity contribution in [1.82, 2.24) is 10.3 Å². The van der Waals surface area contributed by atoms with Crippen molar-refractivity contribution < 1.29 is 19.4 Å². The van der Waals surface area contributed by atoms with Crippen LogP contribution in [0.5, 0.6) is 0 Å². The van der Waals surface area contributed by atoms with E-state index in [9.17, 15) is 9.59 Å². The maximum atomic E-state index is 12.1. The quantitative estimate of drug-likeness (QED) is 0.851. The zero-order valence-electron chi connectivity index (χ0n) is 10.9. The SMILES string of the molecule is COC(CNC(=O)c1ccnc2ccccc12)C(=O)O. The highest BCUT2D eigenvalue weighted by Crippen LogP contribution is 2.15. The molecule has 1 atom stereocenters. The van der Waals surface area contributed by atoms with E-state index in [2.05, 4.69) is 10.3 Å². The highest BCUT2D eigenvalue weighted by atomic mass is 16.5. The molecule has 2 rings (SSSR count). The number of carbonyl (C=O) groups excluding carboxylic acids is 1. The first kappa shape index (κ1) is 14.0. The number of aromatic nitrogens is 1. The number of pyridine rings is 1. The van der Waals surface area contributed by atoms with Crippen LogP contribution < -0.4 is 5.32 Å². The van der Waals surface area contributed by atoms with Crippen LogP contribution in [0.1, 0.15) is 10.4 Å². The second-order valence-corrected chi connectivity index (χ2v) is 4.15. The normalized spacial score (nSPS) is 12.1. The Kier molecular flexibility index (Phi) is 4.27. The molecule has 0 radical (unpaired) electrons. The minimum atomic E-state index is -1.12. The van der Waals surface area contributed by atoms with Gasteiger partial charge in [-0.3, -0.25) is 9.78 Å². The van der Waals surface area contributed by atoms with Gasteiger partial charge in [0.2, 0.25) is 0 Å². The summed E-state index contributed by atoms with van der Waals surface area (Å²) in [7, 11) is 1.28. The molecule has 0 aliphatic rings. The first-order valence-corrected chi connectivity index (χ1v) is 6.01. The summed E-state index contributed by atoms with van der Waals surface area (Å²) < 4.78 is 4.76. The maximum absolute atomic E-state index is 12.1. The van der Waals surface area contributed by atoms with Crippen LogP contribution in [0.4, 0.5) is 0 Å². The molecule has 1 aromatic heterocycles. The van der Waals surface area contributed by atoms with Crippen LogP contribution in [-0.2, 0) is 9.53 Å². The van der Waals surface area contributed by atoms with E-state index in [0.717, 1.165) is 5.39 Å². The molecule has 0 fully saturated rings. The number of aliphatic carboxylic acids is 1. The number of carbonyl (C=O) groups is 2. The zero-order chi connectivity index (χ0) is 14.5. The van der Waals surface area contributed by atoms with Gasteiger partial charge in [0.15, 0.2) is 6.10 Å². The highest BCUT2D eigenvalue weighted by Gasteiger charge is 2.18. The number of carboxylic acid groups (broad SMARTS) is 1. The molecule has 2 aromatic rings. The Morgan fingerprint density at radius 3 is 2.80 bits per heavy atom. The molecule has 0 saturated carbocycles. The lowest BCUT2D eigenvalue weighted by molar-refractivity contribution is -0.148. The van der Waals surface area contributed by atoms with E-state index in [1.54, 1.807) is 24.4 Å². The van der Waals surface area contributed by atoms with Crippen molar-refractivity contribution in [1.29, 1.82) is 0 Å². The summed E-state index contributed by atoms with van der Waals surface area (Å²) in [5.41, 5.74) is 1.16. The summed E-state index contributed by atoms with van der Waals surface area (Å²) in [6, 6.07) is 8.85. The van der Waals surface area contributed by atoms with Crippen molar-refractivity contribution in [2.45, 2.75) is 6.10 Å². The third-order valence-corrected chi connectivity index (χ3v) is 2.90. The van der Waals surface area contributed by atoms with E-state index in [-0.39, 0.29) is 12.5 Å². The van der Waals surface area contributed by atoms with Gasteiger partial charge in [-0.25, -0.2) is 4.79 Å². The molecule has 1 unspecified atom stereocenters. The van der Waals surface area contributed by atoms with Gasteiger partial charge in [-0.2, -0.15) is 0 Å². The molecular formula is C14H14N2O4. The number of ether oxygens (including phenoxy) is 1. The van der Waals surface area contributed by atoms with Crippen molar-refractivity contribution in [3.8, 4) is 0 Å². The Morgan fingerprint density at radius 2 is 2.10 bits per heavy atom. The Balaban J connectivity index is 2.18. The number of hydrogen-bond donors (Lipinski definition) is 2. The number of para-hydroxylation sites is 1. The molecule has 0 spiro atoms. The molecule has 6 nitrogen and oxygen atoms in total. The summed E-state index contributed by atoms with van der Waals surface area (Å²) in [5, 5.41) is 12.1. The van der Waals surface area contributed by atoms with Crippen LogP contribution in [-0.4, -0.2) is 41.7 Å². The minimum Gasteiger partial charge on any atom is -0.479 e. The van der Waals surface area contributed by atoms with Gasteiger partial charge in [-0.05, 0) is 12.1 Å². The van der Waals surface area contributed by atoms with Crippen LogP contribution in [0.25, 0.3) is 10.9 Å². The molecule has 2 N–H and O–H groups in total. The molecule has 0 aliphatic heterocycles. The summed E-state index contributed by atoms with van der Waals surface area (Å²) in [6.45, 7) is -0.0959. The zero-order valence-corrected chi connectivity index (χ0v) is 10.9. The molecule has 20 heavy (non-hydrogen) atoms. The predicted molar refractivity (Wildman–Crippen MR) is 72.5 cm³/mol. The van der Waals surface area contributed by atoms with Crippen LogP contribution in [0, 0.1) is 0 Å². The molecule has 6 heteroatoms. The summed E-state index contributed by atoms with van der Waals surface area (Å²) in [4.78, 5) is 27.1. The van der Waals surface area contributed by atoms with Crippen LogP contribution in [0.2, 0.25) is 0 Å². The molecule has 1 amide bonds. The Morgan fingerprint density at radius 1 is 1.35 bits per heavy atom. The molecule has 104 valence electrons. The first-order valence-electron chi connectivity index (χ1n) is 6.01. The van der Waals surface area contributed by atoms with Crippen molar-refractivity contribution in [2.75, 3.05) is 13.7 Å². The summed E-state index contributed by atoms with van der Waals surface area (Å²) >= 11 is 0. The fourth-order valence-electron chi connectivity index (χ4n) is 1.85. The van der Waals surface area contributed by atoms with E-state index >= 15 is 0 Å². The standard InChI is InChI=1S/C14H14N2O4/c1-20-12(14(18)19)8-16-13(17)10-6-7-15-11-5-3-2-4-9(10)11/h2-7,12H,8H2,1H3,(H,16,17)(H,18,19). The van der Waals surface area contributed by atoms with E-state index in [1.807, 2.05) is 12.1 Å². The Labute approximate surface area is 115 Å². The molecule has 0 aliphatic carbocycles. The number of nitrogens with zero attached hydrogens (tertiary/aromatic N) is 1. The largest absolute Gasteiger partial charge is 0.479 e. The maximum Gasteiger partial charge on any atom is 0.334 e. The fraction of sp³-hybridized carbons (Fsp3) is 0.214. The van der Waals surface area contributed by atoms with E-state index < -0.39 is 12.1 Å². The Hall–Kier alpha value is -2.47. The summed E-state index contributed by atoms with van der Waals surface area (Å²) in [6.07, 6.45) is 0.481. The van der Waals surface area contributed by atoms with E-state index in [0.29, 0.717) is 11.1 Å². The predicted octanol–water partition coefficient (Wildman–Crippen LogP) is 1.06. The van der Waals surface area contributed by atoms with Crippen molar-refractivity contribution in [3.63, 3.8) is 0 Å². The van der Waals surface area contributed by atoms with Gasteiger partial charge in [0.25, 0.3) is 5.91 Å². The Bertz CT molecular complexity index is 637. The van der Waals surface area contributed by atoms with Gasteiger partial charge in [-0.15, -0.1) is 0 Å². The van der Waals surface area contributed by atoms with Gasteiger partial charge >= 0.3 is 5.97 Å². The highest BCUT2D eigenvalue weighted by molar-refractivity contribution is 6.06. The number of rotatable bonds is 5. The fourth-order valence-corrected chi connectivity index (χ4v) is 1.85. The number of carboxylic acids is 1. The third-order valence-electron chi connectivity index (χ3n) is 2.90. The van der Waals surface area contributed by atoms with Gasteiger partial charge in [-0.1, -0.05) is 18.2 Å². The number of amides is 1. The minimum absolute atomic E-state index is 0.0959. The monoisotopic (exact) mass is 274 g/mol. The third kappa shape index (κ3) is 2.92. The number of benzene rings is 1. The van der Waals surface area contributed by atoms with Crippen molar-refractivity contribution in [2.24, 2.45) is 0 Å². The average molecular weight is 274 g/mol. The van der Waals surface area contributed by atoms with Crippen LogP contribution >= 0.6 is 0 Å². The topological polar surface area (TPSA) is 88.5 Å². The molecule has 0 bridgehead atoms. The van der Waals surface area contributed by atoms with Gasteiger partial charge in [0.1, 0.15) is 0 Å². The van der Waals surface area contributed by atoms with E-state index in [1.165, 1.54) is 7.11 Å². The van der Waals surface area contributed by atoms with Crippen molar-refractivity contribution >= 4 is 22.8 Å². The van der Waals surface area contributed by atoms with Crippen molar-refractivity contribution in [3.05, 3.63) is 42.1 Å². The first-order chi connectivity index (χ1) is 9.63. The second kappa shape index (κ2) is 6.12. The van der Waals surface area contributed by atoms with E-state index in [4.69, 9.17) is 9.84 Å². The van der Waals surface area contributed by atoms with Gasteiger partial charge < -0.3 is 15.2 Å². The molecule has 0 saturated heterocycles. The number of nitrogens with one attached hydrogen (secondary N) is 1. The molecular weight excluding hydrogens is 260 g/mol. The number of hydrogen-bond acceptors (Lipinski definition) is 4. The van der Waals surface area contributed by atoms with Gasteiger partial charge in [0, 0.05) is 18.7 Å². The van der Waals surface area contributed by atoms with Crippen LogP contribution in [0.3, 0.4) is 0 Å². The number of fused-ring (bicyclic) bond motifs is 1. The average Bonchev–Trinajstić information content (AvgIpc) is 2.46.